The highest BCUT2D eigenvalue weighted by atomic mass is 16.5. The highest BCUT2D eigenvalue weighted by Gasteiger charge is 2.51. The second-order valence-corrected chi connectivity index (χ2v) is 16.6. The monoisotopic (exact) mass is 718 g/mol. The topological polar surface area (TPSA) is 54.8 Å². The van der Waals surface area contributed by atoms with E-state index in [0.717, 1.165) is 69.5 Å². The van der Waals surface area contributed by atoms with Crippen molar-refractivity contribution < 1.29 is 4.74 Å². The van der Waals surface area contributed by atoms with Crippen molar-refractivity contribution >= 4 is 5.57 Å². The van der Waals surface area contributed by atoms with Gasteiger partial charge in [-0.05, 0) is 115 Å². The minimum absolute atomic E-state index is 0.228. The Morgan fingerprint density at radius 2 is 1.81 bits per heavy atom. The molecule has 1 spiro atoms. The summed E-state index contributed by atoms with van der Waals surface area (Å²) < 4.78 is 6.09. The Morgan fingerprint density at radius 1 is 1.08 bits per heavy atom. The van der Waals surface area contributed by atoms with Crippen LogP contribution in [0.15, 0.2) is 72.2 Å². The third kappa shape index (κ3) is 9.85. The maximum absolute atomic E-state index is 9.70. The molecule has 0 radical (unpaired) electrons. The number of nitriles is 1. The van der Waals surface area contributed by atoms with E-state index in [9.17, 15) is 5.26 Å². The predicted molar refractivity (Wildman–Crippen MR) is 222 cm³/mol. The number of ether oxygens (including phenoxy) is 1. The molecule has 53 heavy (non-hydrogen) atoms. The second kappa shape index (κ2) is 18.0. The van der Waals surface area contributed by atoms with E-state index in [1.807, 2.05) is 7.11 Å². The van der Waals surface area contributed by atoms with Gasteiger partial charge >= 0.3 is 0 Å². The lowest BCUT2D eigenvalue weighted by molar-refractivity contribution is 0.0482. The van der Waals surface area contributed by atoms with E-state index in [2.05, 4.69) is 137 Å². The van der Waals surface area contributed by atoms with Crippen molar-refractivity contribution in [2.75, 3.05) is 40.3 Å². The molecule has 6 nitrogen and oxygen atoms in total. The first-order valence-corrected chi connectivity index (χ1v) is 20.3. The quantitative estimate of drug-likeness (QED) is 0.196. The number of nitrogens with zero attached hydrogens (tertiary/aromatic N) is 4. The molecule has 6 heteroatoms. The number of benzene rings is 2. The van der Waals surface area contributed by atoms with Crippen LogP contribution in [-0.4, -0.2) is 60.6 Å². The van der Waals surface area contributed by atoms with Gasteiger partial charge in [-0.25, -0.2) is 0 Å². The molecular weight excluding hydrogens is 651 g/mol. The number of piperazine rings is 1. The third-order valence-corrected chi connectivity index (χ3v) is 12.2. The molecule has 2 aliphatic carbocycles. The molecule has 0 aromatic heterocycles. The van der Waals surface area contributed by atoms with Gasteiger partial charge in [0.05, 0.1) is 13.2 Å². The van der Waals surface area contributed by atoms with Crippen LogP contribution in [0, 0.1) is 30.1 Å². The Hall–Kier alpha value is -3.79. The summed E-state index contributed by atoms with van der Waals surface area (Å²) in [6.07, 6.45) is 14.5. The van der Waals surface area contributed by atoms with Crippen LogP contribution in [-0.2, 0) is 19.5 Å². The molecule has 286 valence electrons. The van der Waals surface area contributed by atoms with Crippen molar-refractivity contribution in [1.82, 2.24) is 20.0 Å². The van der Waals surface area contributed by atoms with Gasteiger partial charge < -0.3 is 15.0 Å². The van der Waals surface area contributed by atoms with Crippen LogP contribution in [0.1, 0.15) is 119 Å². The van der Waals surface area contributed by atoms with Gasteiger partial charge in [0, 0.05) is 81.3 Å². The van der Waals surface area contributed by atoms with E-state index in [-0.39, 0.29) is 11.5 Å². The Labute approximate surface area is 322 Å². The van der Waals surface area contributed by atoms with E-state index < -0.39 is 0 Å². The molecule has 2 saturated carbocycles. The van der Waals surface area contributed by atoms with E-state index in [4.69, 9.17) is 4.74 Å². The van der Waals surface area contributed by atoms with Crippen LogP contribution in [0.5, 0.6) is 5.75 Å². The van der Waals surface area contributed by atoms with Gasteiger partial charge in [-0.3, -0.25) is 9.80 Å². The first kappa shape index (κ1) is 40.4. The molecule has 6 rings (SSSR count). The largest absolute Gasteiger partial charge is 0.496 e. The van der Waals surface area contributed by atoms with Crippen molar-refractivity contribution in [2.24, 2.45) is 11.8 Å². The van der Waals surface area contributed by atoms with Crippen LogP contribution in [0.4, 0.5) is 0 Å². The molecule has 1 N–H and O–H groups in total. The fourth-order valence-electron chi connectivity index (χ4n) is 8.10. The van der Waals surface area contributed by atoms with Crippen LogP contribution in [0.2, 0.25) is 0 Å². The van der Waals surface area contributed by atoms with Crippen molar-refractivity contribution in [3.63, 3.8) is 0 Å². The van der Waals surface area contributed by atoms with Crippen molar-refractivity contribution in [2.45, 2.75) is 118 Å². The highest BCUT2D eigenvalue weighted by Crippen LogP contribution is 2.47. The average Bonchev–Trinajstić information content (AvgIpc) is 4.09. The zero-order valence-electron chi connectivity index (χ0n) is 34.4. The molecule has 2 aromatic rings. The van der Waals surface area contributed by atoms with Crippen molar-refractivity contribution in [3.05, 3.63) is 106 Å². The Bertz CT molecular complexity index is 1730. The van der Waals surface area contributed by atoms with E-state index in [1.54, 1.807) is 0 Å². The van der Waals surface area contributed by atoms with Crippen molar-refractivity contribution in [3.8, 4) is 11.8 Å². The van der Waals surface area contributed by atoms with Gasteiger partial charge in [-0.2, -0.15) is 5.26 Å². The number of allylic oxidation sites excluding steroid dienone is 4. The predicted octanol–water partition coefficient (Wildman–Crippen LogP) is 10.1. The van der Waals surface area contributed by atoms with Gasteiger partial charge in [0.25, 0.3) is 0 Å². The van der Waals surface area contributed by atoms with Crippen LogP contribution < -0.4 is 10.1 Å². The maximum atomic E-state index is 9.70. The zero-order valence-corrected chi connectivity index (χ0v) is 34.4. The molecule has 4 aliphatic rings. The number of rotatable bonds is 14. The number of methoxy groups -OCH3 is 1. The first-order valence-electron chi connectivity index (χ1n) is 20.3. The van der Waals surface area contributed by atoms with Crippen LogP contribution in [0.25, 0.3) is 5.57 Å². The number of nitrogens with one attached hydrogen (secondary N) is 1. The molecule has 1 saturated heterocycles. The molecule has 2 aliphatic heterocycles. The molecule has 2 aromatic carbocycles. The van der Waals surface area contributed by atoms with Crippen LogP contribution in [0.3, 0.4) is 0 Å². The summed E-state index contributed by atoms with van der Waals surface area (Å²) >= 11 is 0. The minimum Gasteiger partial charge on any atom is -0.496 e. The van der Waals surface area contributed by atoms with Gasteiger partial charge in [0.15, 0.2) is 0 Å². The van der Waals surface area contributed by atoms with Gasteiger partial charge in [-0.15, -0.1) is 0 Å². The minimum atomic E-state index is 0.228. The molecule has 3 fully saturated rings. The summed E-state index contributed by atoms with van der Waals surface area (Å²) in [5, 5.41) is 13.2. The number of hydrogen-bond acceptors (Lipinski definition) is 6. The van der Waals surface area contributed by atoms with Gasteiger partial charge in [0.1, 0.15) is 5.75 Å². The summed E-state index contributed by atoms with van der Waals surface area (Å²) in [5.41, 5.74) is 13.0. The first-order chi connectivity index (χ1) is 25.4. The molecule has 2 heterocycles. The van der Waals surface area contributed by atoms with Gasteiger partial charge in [-0.1, -0.05) is 77.5 Å². The third-order valence-electron chi connectivity index (χ3n) is 12.2. The second-order valence-electron chi connectivity index (χ2n) is 16.6. The number of hydrogen-bond donors (Lipinski definition) is 1. The van der Waals surface area contributed by atoms with E-state index in [1.165, 1.54) is 75.8 Å². The Morgan fingerprint density at radius 3 is 2.43 bits per heavy atom. The van der Waals surface area contributed by atoms with Crippen LogP contribution >= 0.6 is 0 Å². The lowest BCUT2D eigenvalue weighted by Crippen LogP contribution is -2.54. The van der Waals surface area contributed by atoms with E-state index >= 15 is 0 Å². The smallest absolute Gasteiger partial charge is 0.124 e. The zero-order chi connectivity index (χ0) is 38.3. The van der Waals surface area contributed by atoms with Crippen molar-refractivity contribution in [1.29, 1.82) is 5.26 Å². The number of likely N-dealkylation sites (N-methyl/N-ethyl adjacent to an activating group) is 1. The summed E-state index contributed by atoms with van der Waals surface area (Å²) in [6, 6.07) is 13.9. The molecular formula is C47H67N5O. The highest BCUT2D eigenvalue weighted by molar-refractivity contribution is 5.83. The molecule has 0 bridgehead atoms. The maximum Gasteiger partial charge on any atom is 0.124 e. The average molecular weight is 718 g/mol. The molecule has 0 amide bonds. The summed E-state index contributed by atoms with van der Waals surface area (Å²) in [4.78, 5) is 7.56. The fourth-order valence-corrected chi connectivity index (χ4v) is 8.10. The number of aryl methyl sites for hydroxylation is 1. The summed E-state index contributed by atoms with van der Waals surface area (Å²) in [6.45, 7) is 25.7. The SMILES string of the molecule is C=C1C(C)=C(C)C(c2cc(C)c(CN3CCN(Cc4cccc(C(CC#N)C(C)C)c4CCN/C=C/CC)CC34CC4)c(OC)c2)=CN1C.CC1CC1. The summed E-state index contributed by atoms with van der Waals surface area (Å²) in [5.74, 6) is 2.73. The normalized spacial score (nSPS) is 19.3. The fraction of sp³-hybridized carbons (Fsp3) is 0.553. The Balaban J connectivity index is 0.00000127. The molecule has 1 unspecified atom stereocenters. The lowest BCUT2D eigenvalue weighted by atomic mass is 9.81. The molecule has 1 atom stereocenters. The lowest BCUT2D eigenvalue weighted by Gasteiger charge is -2.43. The van der Waals surface area contributed by atoms with E-state index in [0.29, 0.717) is 12.3 Å². The standard InChI is InChI=1S/C43H59N5O.C4H8/c1-10-11-20-45-21-16-38-35(13-12-14-39(38)37(15-19-44)30(2)3)26-47-22-23-48(43(29-47)17-18-43)28-40-31(4)24-36(25-42(40)49-9)41-27-46(8)34(7)32(5)33(41)6;1-4-2-3-4/h11-14,20,24-25,27,30,37,45H,7,10,15-18,21-23,26,28-29H2,1-6,8-9H3;4H,2-3H2,1H3/b20-11+;. The summed E-state index contributed by atoms with van der Waals surface area (Å²) in [7, 11) is 3.88. The Kier molecular flexibility index (Phi) is 13.7. The van der Waals surface area contributed by atoms with Gasteiger partial charge in [0.2, 0.25) is 0 Å².